The van der Waals surface area contributed by atoms with Crippen molar-refractivity contribution in [1.82, 2.24) is 46.6 Å². The summed E-state index contributed by atoms with van der Waals surface area (Å²) in [5, 5.41) is 45.1. The number of nitrogens with two attached hydrogens (primary N) is 4. The number of aliphatic carboxylic acids is 2. The molecule has 472 valence electrons. The lowest BCUT2D eigenvalue weighted by molar-refractivity contribution is -0.146. The van der Waals surface area contributed by atoms with Gasteiger partial charge in [-0.15, -0.1) is 0 Å². The highest BCUT2D eigenvalue weighted by molar-refractivity contribution is 7.98. The van der Waals surface area contributed by atoms with Crippen LogP contribution in [0.25, 0.3) is 0 Å². The van der Waals surface area contributed by atoms with Gasteiger partial charge in [-0.3, -0.25) is 57.7 Å². The van der Waals surface area contributed by atoms with Crippen LogP contribution in [-0.4, -0.2) is 206 Å². The number of carbonyl (C=O) groups is 12. The van der Waals surface area contributed by atoms with E-state index in [0.29, 0.717) is 43.4 Å². The van der Waals surface area contributed by atoms with Gasteiger partial charge in [0.05, 0.1) is 12.5 Å². The Morgan fingerprint density at radius 2 is 1.11 bits per heavy atom. The highest BCUT2D eigenvalue weighted by Crippen LogP contribution is 2.25. The van der Waals surface area contributed by atoms with Crippen molar-refractivity contribution in [1.29, 1.82) is 0 Å². The molecule has 17 N–H and O–H groups in total. The average molecular weight is 1220 g/mol. The van der Waals surface area contributed by atoms with Crippen molar-refractivity contribution in [3.63, 3.8) is 0 Å². The maximum Gasteiger partial charge on any atom is 0.326 e. The van der Waals surface area contributed by atoms with Crippen molar-refractivity contribution in [2.45, 2.75) is 178 Å². The lowest BCUT2D eigenvalue weighted by Crippen LogP contribution is -2.60. The molecule has 3 fully saturated rings. The van der Waals surface area contributed by atoms with Crippen LogP contribution in [0.1, 0.15) is 117 Å². The molecule has 10 amide bonds. The second kappa shape index (κ2) is 33.7. The Bertz CT molecular complexity index is 2590. The summed E-state index contributed by atoms with van der Waals surface area (Å²) in [7, 11) is 0. The predicted molar refractivity (Wildman–Crippen MR) is 311 cm³/mol. The molecule has 0 saturated carbocycles. The Balaban J connectivity index is 1.59. The van der Waals surface area contributed by atoms with E-state index in [2.05, 4.69) is 36.9 Å². The van der Waals surface area contributed by atoms with E-state index in [4.69, 9.17) is 22.9 Å². The molecule has 0 aromatic heterocycles. The Hall–Kier alpha value is -7.76. The third kappa shape index (κ3) is 20.8. The van der Waals surface area contributed by atoms with Crippen molar-refractivity contribution in [3.8, 4) is 5.75 Å². The number of guanidine groups is 1. The van der Waals surface area contributed by atoms with Crippen LogP contribution >= 0.6 is 11.8 Å². The summed E-state index contributed by atoms with van der Waals surface area (Å²) in [6.45, 7) is 7.30. The van der Waals surface area contributed by atoms with Gasteiger partial charge in [0.1, 0.15) is 60.1 Å². The maximum atomic E-state index is 14.7. The van der Waals surface area contributed by atoms with Crippen LogP contribution in [0, 0.1) is 11.8 Å². The van der Waals surface area contributed by atoms with Gasteiger partial charge >= 0.3 is 11.9 Å². The quantitative estimate of drug-likeness (QED) is 0.0196. The Labute approximate surface area is 498 Å². The second-order valence-corrected chi connectivity index (χ2v) is 23.0. The van der Waals surface area contributed by atoms with Gasteiger partial charge in [-0.2, -0.15) is 11.8 Å². The number of phenolic OH excluding ortho intramolecular Hbond substituents is 1. The summed E-state index contributed by atoms with van der Waals surface area (Å²) in [5.74, 6) is -11.6. The van der Waals surface area contributed by atoms with Crippen LogP contribution in [-0.2, 0) is 64.0 Å². The van der Waals surface area contributed by atoms with E-state index in [-0.39, 0.29) is 82.3 Å². The number of carboxylic acids is 2. The van der Waals surface area contributed by atoms with Gasteiger partial charge in [0.15, 0.2) is 5.96 Å². The van der Waals surface area contributed by atoms with Crippen LogP contribution in [0.3, 0.4) is 0 Å². The predicted octanol–water partition coefficient (Wildman–Crippen LogP) is -2.52. The van der Waals surface area contributed by atoms with Crippen molar-refractivity contribution >= 4 is 88.7 Å². The van der Waals surface area contributed by atoms with Crippen LogP contribution < -0.4 is 54.8 Å². The monoisotopic (exact) mass is 1210 g/mol. The van der Waals surface area contributed by atoms with Crippen molar-refractivity contribution in [3.05, 3.63) is 29.8 Å². The topological polar surface area (TPSA) is 464 Å². The maximum absolute atomic E-state index is 14.7. The fourth-order valence-electron chi connectivity index (χ4n) is 10.3. The molecule has 3 aliphatic heterocycles. The second-order valence-electron chi connectivity index (χ2n) is 22.1. The lowest BCUT2D eigenvalue weighted by atomic mass is 9.98. The van der Waals surface area contributed by atoms with Crippen molar-refractivity contribution < 1.29 is 72.9 Å². The molecule has 85 heavy (non-hydrogen) atoms. The zero-order valence-electron chi connectivity index (χ0n) is 48.9. The summed E-state index contributed by atoms with van der Waals surface area (Å²) in [6.07, 6.45) is 1.69. The molecule has 1 aromatic carbocycles. The summed E-state index contributed by atoms with van der Waals surface area (Å²) in [6, 6.07) is -7.21. The molecular formula is C55H86N14O15S. The Morgan fingerprint density at radius 1 is 0.635 bits per heavy atom. The molecular weight excluding hydrogens is 1130 g/mol. The number of amides is 10. The van der Waals surface area contributed by atoms with Gasteiger partial charge in [0.2, 0.25) is 59.1 Å². The van der Waals surface area contributed by atoms with E-state index in [1.165, 1.54) is 38.6 Å². The Kier molecular flexibility index (Phi) is 27.6. The first kappa shape index (κ1) is 69.7. The van der Waals surface area contributed by atoms with E-state index >= 15 is 0 Å². The van der Waals surface area contributed by atoms with E-state index in [1.54, 1.807) is 46.1 Å². The number of carbonyl (C=O) groups excluding carboxylic acids is 10. The van der Waals surface area contributed by atoms with E-state index < -0.39 is 157 Å². The zero-order chi connectivity index (χ0) is 63.2. The number of aromatic hydroxyl groups is 1. The largest absolute Gasteiger partial charge is 0.508 e. The molecule has 30 heteroatoms. The summed E-state index contributed by atoms with van der Waals surface area (Å²) in [4.78, 5) is 171. The van der Waals surface area contributed by atoms with Crippen LogP contribution in [0.15, 0.2) is 29.3 Å². The van der Waals surface area contributed by atoms with E-state index in [9.17, 15) is 72.9 Å². The van der Waals surface area contributed by atoms with Crippen LogP contribution in [0.4, 0.5) is 0 Å². The average Bonchev–Trinajstić information content (AvgIpc) is 4.03. The molecule has 0 radical (unpaired) electrons. The minimum absolute atomic E-state index is 0.00236. The molecule has 0 aliphatic carbocycles. The summed E-state index contributed by atoms with van der Waals surface area (Å²) >= 11 is 1.32. The highest BCUT2D eigenvalue weighted by Gasteiger charge is 2.44. The SMILES string of the molecule is CC[C@H](C)[C@H](NC(=O)[C@@H]1CCCN1C(=O)[C@H](CCSC)NC(=O)[C@H](CC(=O)O)NC(=O)[C@H](CCCN=C(N)N)NC(=O)[C@H](CCC(N)=O)NC(=O)[C@@H]1CCCN1C(=O)[C@H](Cc1ccc(O)cc1)NC(=O)[C@@H]1CCCN1C(=O)[C@@H](N)C(C)C)C(=O)O. The van der Waals surface area contributed by atoms with Gasteiger partial charge in [0.25, 0.3) is 0 Å². The standard InChI is InChI=1S/C55H86N14O15S/c1-6-30(4)44(54(83)84)66-50(79)40-14-9-23-67(40)51(80)35(21-26-85-5)63-47(76)36(28-42(72)73)64-45(74)33(11-7-22-60-55(58)59)61-46(75)34(19-20-41(56)71)62-48(77)38-12-8-24-68(38)52(81)37(27-31-15-17-32(70)18-16-31)65-49(78)39-13-10-25-69(39)53(82)43(57)29(2)3/h15-18,29-30,33-40,43-44,70H,6-14,19-28,57H2,1-5H3,(H2,56,71)(H,61,75)(H,62,77)(H,63,76)(H,64,74)(H,65,78)(H,66,79)(H,72,73)(H,83,84)(H4,58,59,60)/t30-,33-,34-,35-,36-,37-,38-,39-,40-,43-,44-/m0/s1. The number of carboxylic acid groups (broad SMARTS) is 2. The fourth-order valence-corrected chi connectivity index (χ4v) is 10.8. The number of nitrogens with zero attached hydrogens (tertiary/aromatic N) is 4. The van der Waals surface area contributed by atoms with Crippen molar-refractivity contribution in [2.75, 3.05) is 38.2 Å². The van der Waals surface area contributed by atoms with E-state index in [0.717, 1.165) is 0 Å². The summed E-state index contributed by atoms with van der Waals surface area (Å²) < 4.78 is 0. The number of likely N-dealkylation sites (tertiary alicyclic amines) is 3. The molecule has 1 aromatic rings. The molecule has 0 unspecified atom stereocenters. The Morgan fingerprint density at radius 3 is 1.59 bits per heavy atom. The van der Waals surface area contributed by atoms with Gasteiger partial charge < -0.3 is 84.9 Å². The van der Waals surface area contributed by atoms with Gasteiger partial charge in [-0.25, -0.2) is 4.79 Å². The first-order valence-corrected chi connectivity index (χ1v) is 30.1. The fraction of sp³-hybridized carbons (Fsp3) is 0.655. The molecule has 11 atom stereocenters. The molecule has 0 bridgehead atoms. The molecule has 4 rings (SSSR count). The van der Waals surface area contributed by atoms with Gasteiger partial charge in [0, 0.05) is 39.0 Å². The lowest BCUT2D eigenvalue weighted by Gasteiger charge is -2.32. The molecule has 0 spiro atoms. The number of benzene rings is 1. The minimum atomic E-state index is -1.88. The van der Waals surface area contributed by atoms with Gasteiger partial charge in [-0.1, -0.05) is 46.2 Å². The first-order valence-electron chi connectivity index (χ1n) is 28.7. The molecule has 29 nitrogen and oxygen atoms in total. The number of nitrogens with one attached hydrogen (secondary N) is 6. The highest BCUT2D eigenvalue weighted by atomic mass is 32.2. The number of aliphatic imine (C=N–C) groups is 1. The number of rotatable bonds is 33. The van der Waals surface area contributed by atoms with Crippen LogP contribution in [0.2, 0.25) is 0 Å². The number of primary amides is 1. The molecule has 3 heterocycles. The number of hydrogen-bond acceptors (Lipinski definition) is 16. The summed E-state index contributed by atoms with van der Waals surface area (Å²) in [5.41, 5.74) is 23.2. The number of phenols is 1. The normalized spacial score (nSPS) is 19.4. The molecule has 3 saturated heterocycles. The molecule has 3 aliphatic rings. The number of thioether (sulfide) groups is 1. The minimum Gasteiger partial charge on any atom is -0.508 e. The third-order valence-electron chi connectivity index (χ3n) is 15.4. The number of hydrogen-bond donors (Lipinski definition) is 13. The third-order valence-corrected chi connectivity index (χ3v) is 16.1. The van der Waals surface area contributed by atoms with Crippen LogP contribution in [0.5, 0.6) is 5.75 Å². The first-order chi connectivity index (χ1) is 40.2. The zero-order valence-corrected chi connectivity index (χ0v) is 49.7. The van der Waals surface area contributed by atoms with Gasteiger partial charge in [-0.05, 0) is 106 Å². The van der Waals surface area contributed by atoms with Crippen molar-refractivity contribution in [2.24, 2.45) is 39.8 Å². The van der Waals surface area contributed by atoms with E-state index in [1.807, 2.05) is 0 Å². The smallest absolute Gasteiger partial charge is 0.326 e.